The first-order valence-corrected chi connectivity index (χ1v) is 14.7. The molecule has 0 spiro atoms. The number of allylic oxidation sites excluding steroid dienone is 6. The average molecular weight is 545 g/mol. The molecule has 0 unspecified atom stereocenters. The summed E-state index contributed by atoms with van der Waals surface area (Å²) in [6, 6.07) is 1.83. The predicted octanol–water partition coefficient (Wildman–Crippen LogP) is 7.41. The fraction of sp³-hybridized carbons (Fsp3) is 0.552. The highest BCUT2D eigenvalue weighted by Crippen LogP contribution is 2.54. The number of hydrogen-bond acceptors (Lipinski definition) is 5. The molecule has 200 valence electrons. The van der Waals surface area contributed by atoms with Crippen LogP contribution in [0.15, 0.2) is 48.2 Å². The van der Waals surface area contributed by atoms with Crippen LogP contribution in [0.1, 0.15) is 77.1 Å². The molecule has 2 aromatic rings. The average Bonchev–Trinajstić information content (AvgIpc) is 3.69. The van der Waals surface area contributed by atoms with Crippen molar-refractivity contribution in [2.24, 2.45) is 0 Å². The van der Waals surface area contributed by atoms with Crippen LogP contribution in [-0.2, 0) is 17.8 Å². The van der Waals surface area contributed by atoms with Gasteiger partial charge in [-0.3, -0.25) is 4.57 Å². The number of pyridine rings is 1. The van der Waals surface area contributed by atoms with Gasteiger partial charge in [-0.2, -0.15) is 0 Å². The van der Waals surface area contributed by atoms with Crippen molar-refractivity contribution in [3.05, 3.63) is 64.6 Å². The Morgan fingerprint density at radius 3 is 2.59 bits per heavy atom. The number of aromatic nitrogens is 4. The second-order valence-electron chi connectivity index (χ2n) is 9.66. The van der Waals surface area contributed by atoms with Gasteiger partial charge in [-0.05, 0) is 42.9 Å². The number of nitrogens with zero attached hydrogens (tertiary/aromatic N) is 5. The lowest BCUT2D eigenvalue weighted by molar-refractivity contribution is 0.163. The van der Waals surface area contributed by atoms with Gasteiger partial charge < -0.3 is 9.64 Å². The minimum Gasteiger partial charge on any atom is -0.473 e. The molecule has 1 saturated heterocycles. The highest BCUT2D eigenvalue weighted by atomic mass is 35.5. The quantitative estimate of drug-likeness (QED) is 0.308. The first kappa shape index (κ1) is 27.7. The summed E-state index contributed by atoms with van der Waals surface area (Å²) in [5.41, 5.74) is 2.29. The molecule has 37 heavy (non-hydrogen) atoms. The molecule has 5 rings (SSSR count). The third kappa shape index (κ3) is 6.23. The van der Waals surface area contributed by atoms with Crippen molar-refractivity contribution >= 4 is 29.2 Å². The van der Waals surface area contributed by atoms with Crippen LogP contribution in [0.5, 0.6) is 5.88 Å². The number of unbranched alkanes of at least 4 members (excludes halogenated alkanes) is 1. The van der Waals surface area contributed by atoms with E-state index in [0.29, 0.717) is 16.8 Å². The van der Waals surface area contributed by atoms with Crippen molar-refractivity contribution in [1.82, 2.24) is 19.7 Å². The summed E-state index contributed by atoms with van der Waals surface area (Å²) < 4.78 is 8.55. The van der Waals surface area contributed by atoms with Crippen molar-refractivity contribution in [2.75, 3.05) is 18.0 Å². The maximum Gasteiger partial charge on any atom is 0.232 e. The van der Waals surface area contributed by atoms with Crippen LogP contribution in [0.4, 0.5) is 5.95 Å². The molecular formula is C29H39Cl2N5O. The minimum absolute atomic E-state index is 0.0144. The van der Waals surface area contributed by atoms with E-state index in [1.807, 2.05) is 19.9 Å². The zero-order chi connectivity index (χ0) is 26.3. The second kappa shape index (κ2) is 13.0. The van der Waals surface area contributed by atoms with Gasteiger partial charge in [0.1, 0.15) is 17.0 Å². The summed E-state index contributed by atoms with van der Waals surface area (Å²) in [7, 11) is 0. The normalized spacial score (nSPS) is 18.6. The Kier molecular flexibility index (Phi) is 9.71. The number of halogens is 2. The fourth-order valence-corrected chi connectivity index (χ4v) is 5.44. The molecule has 2 aromatic heterocycles. The lowest BCUT2D eigenvalue weighted by atomic mass is 9.93. The van der Waals surface area contributed by atoms with Gasteiger partial charge in [0.15, 0.2) is 0 Å². The standard InChI is InChI=1S/C27H33Cl2N5O.C2H6/c1-2-3-14-34-25(27(12-13-27)21-8-6-4-5-7-9-21)31-32-26(34)33-15-10-22(11-16-33)35-24-23(29)17-20(18-28)19-30-24;1-2/h4-6,8-9,17,19,22H,2-3,7,10-16,18H2,1H3;1-2H3. The third-order valence-electron chi connectivity index (χ3n) is 7.22. The van der Waals surface area contributed by atoms with E-state index in [0.717, 1.165) is 81.9 Å². The Balaban J connectivity index is 0.00000156. The van der Waals surface area contributed by atoms with Crippen LogP contribution in [0, 0.1) is 0 Å². The Labute approximate surface area is 231 Å². The molecule has 1 aliphatic heterocycles. The van der Waals surface area contributed by atoms with Gasteiger partial charge in [0.25, 0.3) is 0 Å². The molecule has 0 amide bonds. The minimum atomic E-state index is 0.0144. The lowest BCUT2D eigenvalue weighted by Gasteiger charge is -2.33. The molecule has 0 atom stereocenters. The van der Waals surface area contributed by atoms with Crippen LogP contribution in [0.3, 0.4) is 0 Å². The predicted molar refractivity (Wildman–Crippen MR) is 153 cm³/mol. The molecule has 0 bridgehead atoms. The largest absolute Gasteiger partial charge is 0.473 e. The van der Waals surface area contributed by atoms with Gasteiger partial charge in [-0.15, -0.1) is 21.8 Å². The Morgan fingerprint density at radius 2 is 1.92 bits per heavy atom. The van der Waals surface area contributed by atoms with Crippen LogP contribution in [0.2, 0.25) is 5.02 Å². The van der Waals surface area contributed by atoms with E-state index < -0.39 is 0 Å². The second-order valence-corrected chi connectivity index (χ2v) is 10.3. The van der Waals surface area contributed by atoms with E-state index in [9.17, 15) is 0 Å². The van der Waals surface area contributed by atoms with Crippen LogP contribution in [-0.4, -0.2) is 38.9 Å². The number of hydrogen-bond donors (Lipinski definition) is 0. The van der Waals surface area contributed by atoms with E-state index in [4.69, 9.17) is 38.1 Å². The first-order valence-electron chi connectivity index (χ1n) is 13.7. The molecule has 0 radical (unpaired) electrons. The summed E-state index contributed by atoms with van der Waals surface area (Å²) in [6.07, 6.45) is 20.2. The number of anilines is 1. The smallest absolute Gasteiger partial charge is 0.232 e. The highest BCUT2D eigenvalue weighted by Gasteiger charge is 2.51. The molecule has 2 fully saturated rings. The van der Waals surface area contributed by atoms with Crippen molar-refractivity contribution < 1.29 is 4.74 Å². The van der Waals surface area contributed by atoms with Crippen molar-refractivity contribution in [3.8, 4) is 5.88 Å². The van der Waals surface area contributed by atoms with Gasteiger partial charge >= 0.3 is 0 Å². The zero-order valence-electron chi connectivity index (χ0n) is 22.3. The van der Waals surface area contributed by atoms with Gasteiger partial charge in [0, 0.05) is 44.6 Å². The Bertz CT molecular complexity index is 1130. The zero-order valence-corrected chi connectivity index (χ0v) is 23.8. The highest BCUT2D eigenvalue weighted by molar-refractivity contribution is 6.32. The number of rotatable bonds is 9. The molecule has 2 aliphatic carbocycles. The Hall–Kier alpha value is -2.31. The molecule has 0 N–H and O–H groups in total. The van der Waals surface area contributed by atoms with Crippen molar-refractivity contribution in [1.29, 1.82) is 0 Å². The number of piperidine rings is 1. The molecular weight excluding hydrogens is 505 g/mol. The van der Waals surface area contributed by atoms with E-state index in [1.54, 1.807) is 6.20 Å². The van der Waals surface area contributed by atoms with Gasteiger partial charge in [-0.1, -0.05) is 69.2 Å². The van der Waals surface area contributed by atoms with E-state index in [1.165, 1.54) is 5.57 Å². The summed E-state index contributed by atoms with van der Waals surface area (Å²) in [4.78, 5) is 6.73. The topological polar surface area (TPSA) is 56.1 Å². The maximum atomic E-state index is 6.36. The first-order chi connectivity index (χ1) is 18.1. The van der Waals surface area contributed by atoms with Crippen LogP contribution in [0.25, 0.3) is 0 Å². The van der Waals surface area contributed by atoms with Gasteiger partial charge in [0.2, 0.25) is 11.8 Å². The Morgan fingerprint density at radius 1 is 1.14 bits per heavy atom. The molecule has 3 heterocycles. The van der Waals surface area contributed by atoms with E-state index >= 15 is 0 Å². The van der Waals surface area contributed by atoms with Crippen LogP contribution >= 0.6 is 23.2 Å². The lowest BCUT2D eigenvalue weighted by Crippen LogP contribution is -2.40. The summed E-state index contributed by atoms with van der Waals surface area (Å²) >= 11 is 12.2. The monoisotopic (exact) mass is 543 g/mol. The van der Waals surface area contributed by atoms with Crippen molar-refractivity contribution in [3.63, 3.8) is 0 Å². The fourth-order valence-electron chi connectivity index (χ4n) is 5.06. The third-order valence-corrected chi connectivity index (χ3v) is 7.79. The summed E-state index contributed by atoms with van der Waals surface area (Å²) in [5, 5.41) is 10.1. The molecule has 1 saturated carbocycles. The van der Waals surface area contributed by atoms with Crippen LogP contribution < -0.4 is 9.64 Å². The molecule has 3 aliphatic rings. The van der Waals surface area contributed by atoms with Gasteiger partial charge in [-0.25, -0.2) is 4.98 Å². The molecule has 0 aromatic carbocycles. The summed E-state index contributed by atoms with van der Waals surface area (Å²) in [5.74, 6) is 3.00. The van der Waals surface area contributed by atoms with Crippen molar-refractivity contribution in [2.45, 2.75) is 89.7 Å². The van der Waals surface area contributed by atoms with Gasteiger partial charge in [0.05, 0.1) is 5.41 Å². The molecule has 8 heteroatoms. The summed E-state index contributed by atoms with van der Waals surface area (Å²) in [6.45, 7) is 8.92. The van der Waals surface area contributed by atoms with E-state index in [2.05, 4.69) is 51.8 Å². The molecule has 6 nitrogen and oxygen atoms in total. The SMILES string of the molecule is CC.CCCCn1c(N2CCC(Oc3ncc(CCl)cc3Cl)CC2)nnc1C1(C2=CCC=CC=C2)CC1. The number of alkyl halides is 1. The number of ether oxygens (including phenoxy) is 1. The van der Waals surface area contributed by atoms with E-state index in [-0.39, 0.29) is 11.5 Å². The maximum absolute atomic E-state index is 6.36.